The minimum atomic E-state index is -3.61. The predicted molar refractivity (Wildman–Crippen MR) is 86.2 cm³/mol. The second kappa shape index (κ2) is 7.69. The fourth-order valence-electron chi connectivity index (χ4n) is 2.02. The number of amides is 1. The number of nitrogens with one attached hydrogen (secondary N) is 1. The van der Waals surface area contributed by atoms with E-state index in [0.29, 0.717) is 0 Å². The standard InChI is InChI=1S/C16H16N2O5S/c19-15(12-6-9-17-10-7-12)18-14(16(20)21)8-11-24(22,23)13-4-2-1-3-5-13/h1-7,9-10,14H,8,11H2,(H,18,19)(H,20,21)/t14-/m1/s1. The Morgan fingerprint density at radius 1 is 1.08 bits per heavy atom. The molecule has 0 spiro atoms. The molecule has 1 heterocycles. The summed E-state index contributed by atoms with van der Waals surface area (Å²) in [6.45, 7) is 0. The maximum Gasteiger partial charge on any atom is 0.326 e. The average molecular weight is 348 g/mol. The Kier molecular flexibility index (Phi) is 5.64. The summed E-state index contributed by atoms with van der Waals surface area (Å²) in [7, 11) is -3.61. The van der Waals surface area contributed by atoms with Gasteiger partial charge in [0, 0.05) is 18.0 Å². The Morgan fingerprint density at radius 3 is 2.29 bits per heavy atom. The maximum absolute atomic E-state index is 12.2. The molecule has 0 aliphatic rings. The van der Waals surface area contributed by atoms with Gasteiger partial charge in [0.1, 0.15) is 6.04 Å². The molecule has 0 radical (unpaired) electrons. The molecule has 2 aromatic rings. The summed E-state index contributed by atoms with van der Waals surface area (Å²) in [5, 5.41) is 11.5. The van der Waals surface area contributed by atoms with Gasteiger partial charge in [-0.05, 0) is 30.7 Å². The summed E-state index contributed by atoms with van der Waals surface area (Å²) in [4.78, 5) is 27.2. The second-order valence-electron chi connectivity index (χ2n) is 5.02. The number of nitrogens with zero attached hydrogens (tertiary/aromatic N) is 1. The monoisotopic (exact) mass is 348 g/mol. The Balaban J connectivity index is 2.04. The number of sulfone groups is 1. The lowest BCUT2D eigenvalue weighted by Gasteiger charge is -2.14. The fourth-order valence-corrected chi connectivity index (χ4v) is 3.37. The summed E-state index contributed by atoms with van der Waals surface area (Å²) in [6, 6.07) is 9.34. The van der Waals surface area contributed by atoms with Gasteiger partial charge in [-0.15, -0.1) is 0 Å². The topological polar surface area (TPSA) is 113 Å². The summed E-state index contributed by atoms with van der Waals surface area (Å²) < 4.78 is 24.4. The van der Waals surface area contributed by atoms with Crippen molar-refractivity contribution in [2.24, 2.45) is 0 Å². The quantitative estimate of drug-likeness (QED) is 0.775. The van der Waals surface area contributed by atoms with E-state index < -0.39 is 27.8 Å². The highest BCUT2D eigenvalue weighted by Crippen LogP contribution is 2.12. The molecule has 2 N–H and O–H groups in total. The van der Waals surface area contributed by atoms with Gasteiger partial charge in [-0.1, -0.05) is 18.2 Å². The van der Waals surface area contributed by atoms with Crippen molar-refractivity contribution in [2.75, 3.05) is 5.75 Å². The highest BCUT2D eigenvalue weighted by Gasteiger charge is 2.24. The zero-order valence-electron chi connectivity index (χ0n) is 12.6. The van der Waals surface area contributed by atoms with Gasteiger partial charge in [0.2, 0.25) is 0 Å². The predicted octanol–water partition coefficient (Wildman–Crippen LogP) is 1.13. The Bertz CT molecular complexity index is 807. The van der Waals surface area contributed by atoms with E-state index in [1.54, 1.807) is 18.2 Å². The third-order valence-corrected chi connectivity index (χ3v) is 5.09. The second-order valence-corrected chi connectivity index (χ2v) is 7.13. The summed E-state index contributed by atoms with van der Waals surface area (Å²) >= 11 is 0. The van der Waals surface area contributed by atoms with Gasteiger partial charge in [-0.3, -0.25) is 9.78 Å². The van der Waals surface area contributed by atoms with E-state index in [0.717, 1.165) is 0 Å². The van der Waals surface area contributed by atoms with Crippen molar-refractivity contribution >= 4 is 21.7 Å². The molecule has 7 nitrogen and oxygen atoms in total. The number of aromatic nitrogens is 1. The van der Waals surface area contributed by atoms with Crippen LogP contribution in [0.5, 0.6) is 0 Å². The highest BCUT2D eigenvalue weighted by molar-refractivity contribution is 7.91. The molecule has 1 atom stereocenters. The van der Waals surface area contributed by atoms with Crippen LogP contribution in [-0.4, -0.2) is 42.2 Å². The van der Waals surface area contributed by atoms with Crippen molar-refractivity contribution in [3.05, 3.63) is 60.4 Å². The number of benzene rings is 1. The maximum atomic E-state index is 12.2. The van der Waals surface area contributed by atoms with E-state index in [4.69, 9.17) is 0 Å². The van der Waals surface area contributed by atoms with Crippen LogP contribution < -0.4 is 5.32 Å². The number of pyridine rings is 1. The molecule has 0 fully saturated rings. The summed E-state index contributed by atoms with van der Waals surface area (Å²) in [6.07, 6.45) is 2.58. The van der Waals surface area contributed by atoms with Crippen molar-refractivity contribution in [1.29, 1.82) is 0 Å². The minimum Gasteiger partial charge on any atom is -0.480 e. The van der Waals surface area contributed by atoms with E-state index in [2.05, 4.69) is 10.3 Å². The molecular formula is C16H16N2O5S. The molecule has 0 saturated heterocycles. The molecule has 0 aliphatic carbocycles. The zero-order chi connectivity index (χ0) is 17.6. The van der Waals surface area contributed by atoms with Crippen LogP contribution in [0.3, 0.4) is 0 Å². The number of hydrogen-bond acceptors (Lipinski definition) is 5. The minimum absolute atomic E-state index is 0.120. The molecule has 0 saturated carbocycles. The third-order valence-electron chi connectivity index (χ3n) is 3.32. The van der Waals surface area contributed by atoms with E-state index >= 15 is 0 Å². The largest absolute Gasteiger partial charge is 0.480 e. The van der Waals surface area contributed by atoms with E-state index in [9.17, 15) is 23.1 Å². The number of carboxylic acids is 1. The van der Waals surface area contributed by atoms with Crippen molar-refractivity contribution in [1.82, 2.24) is 10.3 Å². The zero-order valence-corrected chi connectivity index (χ0v) is 13.4. The normalized spacial score (nSPS) is 12.3. The van der Waals surface area contributed by atoms with Crippen LogP contribution in [0, 0.1) is 0 Å². The van der Waals surface area contributed by atoms with Crippen LogP contribution in [0.2, 0.25) is 0 Å². The first-order valence-electron chi connectivity index (χ1n) is 7.11. The number of carbonyl (C=O) groups excluding carboxylic acids is 1. The number of carbonyl (C=O) groups is 2. The van der Waals surface area contributed by atoms with Gasteiger partial charge in [0.05, 0.1) is 10.6 Å². The third kappa shape index (κ3) is 4.63. The van der Waals surface area contributed by atoms with Gasteiger partial charge < -0.3 is 10.4 Å². The lowest BCUT2D eigenvalue weighted by molar-refractivity contribution is -0.139. The van der Waals surface area contributed by atoms with Crippen LogP contribution >= 0.6 is 0 Å². The molecule has 1 aromatic carbocycles. The molecule has 0 unspecified atom stereocenters. The van der Waals surface area contributed by atoms with E-state index in [1.165, 1.54) is 36.7 Å². The van der Waals surface area contributed by atoms with Crippen molar-refractivity contribution < 1.29 is 23.1 Å². The molecule has 8 heteroatoms. The summed E-state index contributed by atoms with van der Waals surface area (Å²) in [5.41, 5.74) is 0.252. The molecule has 1 amide bonds. The van der Waals surface area contributed by atoms with Gasteiger partial charge in [0.15, 0.2) is 9.84 Å². The Morgan fingerprint density at radius 2 is 1.71 bits per heavy atom. The first-order valence-corrected chi connectivity index (χ1v) is 8.77. The lowest BCUT2D eigenvalue weighted by Crippen LogP contribution is -2.41. The van der Waals surface area contributed by atoms with Gasteiger partial charge >= 0.3 is 5.97 Å². The van der Waals surface area contributed by atoms with Crippen molar-refractivity contribution in [3.63, 3.8) is 0 Å². The van der Waals surface area contributed by atoms with Crippen molar-refractivity contribution in [2.45, 2.75) is 17.4 Å². The number of hydrogen-bond donors (Lipinski definition) is 2. The molecule has 24 heavy (non-hydrogen) atoms. The van der Waals surface area contributed by atoms with Crippen LogP contribution in [0.25, 0.3) is 0 Å². The first kappa shape index (κ1) is 17.6. The van der Waals surface area contributed by atoms with Crippen LogP contribution in [0.1, 0.15) is 16.8 Å². The first-order chi connectivity index (χ1) is 11.4. The smallest absolute Gasteiger partial charge is 0.326 e. The van der Waals surface area contributed by atoms with E-state index in [-0.39, 0.29) is 22.6 Å². The Hall–Kier alpha value is -2.74. The SMILES string of the molecule is O=C(N[C@H](CCS(=O)(=O)c1ccccc1)C(=O)O)c1ccncc1. The van der Waals surface area contributed by atoms with E-state index in [1.807, 2.05) is 0 Å². The van der Waals surface area contributed by atoms with Gasteiger partial charge in [0.25, 0.3) is 5.91 Å². The van der Waals surface area contributed by atoms with Gasteiger partial charge in [-0.2, -0.15) is 0 Å². The fraction of sp³-hybridized carbons (Fsp3) is 0.188. The average Bonchev–Trinajstić information content (AvgIpc) is 2.59. The molecular weight excluding hydrogens is 332 g/mol. The number of carboxylic acid groups (broad SMARTS) is 1. The van der Waals surface area contributed by atoms with Gasteiger partial charge in [-0.25, -0.2) is 13.2 Å². The van der Waals surface area contributed by atoms with Crippen LogP contribution in [0.15, 0.2) is 59.8 Å². The number of rotatable bonds is 7. The van der Waals surface area contributed by atoms with Crippen LogP contribution in [-0.2, 0) is 14.6 Å². The lowest BCUT2D eigenvalue weighted by atomic mass is 10.2. The molecule has 126 valence electrons. The Labute approximate surface area is 139 Å². The molecule has 0 aliphatic heterocycles. The van der Waals surface area contributed by atoms with Crippen LogP contribution in [0.4, 0.5) is 0 Å². The summed E-state index contributed by atoms with van der Waals surface area (Å²) in [5.74, 6) is -2.27. The molecule has 2 rings (SSSR count). The van der Waals surface area contributed by atoms with Crippen molar-refractivity contribution in [3.8, 4) is 0 Å². The number of aliphatic carboxylic acids is 1. The molecule has 0 bridgehead atoms. The molecule has 1 aromatic heterocycles. The highest BCUT2D eigenvalue weighted by atomic mass is 32.2.